The summed E-state index contributed by atoms with van der Waals surface area (Å²) < 4.78 is 0. The normalized spacial score (nSPS) is 13.9. The molecule has 2 heteroatoms. The minimum absolute atomic E-state index is 0.0255. The smallest absolute Gasteiger partial charge is 0.0626 e. The number of hydrogen-bond acceptors (Lipinski definition) is 2. The Hall–Kier alpha value is -1.64. The Bertz CT molecular complexity index is 507. The number of aryl methyl sites for hydroxylation is 1. The standard InChI is InChI=1S/C18H23NO/c1-3-17(16-11-9-14(2)10-12-16)19-18(13-20)15-7-5-4-6-8-15/h4-12,17-20H,3,13H2,1-2H3. The third-order valence-electron chi connectivity index (χ3n) is 3.67. The van der Waals surface area contributed by atoms with Crippen LogP contribution in [0.25, 0.3) is 0 Å². The Morgan fingerprint density at radius 2 is 1.50 bits per heavy atom. The first-order valence-electron chi connectivity index (χ1n) is 7.23. The van der Waals surface area contributed by atoms with Gasteiger partial charge in [0.15, 0.2) is 0 Å². The van der Waals surface area contributed by atoms with Crippen LogP contribution < -0.4 is 5.32 Å². The molecule has 2 N–H and O–H groups in total. The highest BCUT2D eigenvalue weighted by Gasteiger charge is 2.16. The molecule has 20 heavy (non-hydrogen) atoms. The summed E-state index contributed by atoms with van der Waals surface area (Å²) >= 11 is 0. The molecule has 0 heterocycles. The maximum atomic E-state index is 9.65. The quantitative estimate of drug-likeness (QED) is 0.836. The van der Waals surface area contributed by atoms with Crippen LogP contribution >= 0.6 is 0 Å². The molecule has 0 amide bonds. The Balaban J connectivity index is 2.14. The first kappa shape index (κ1) is 14.8. The van der Waals surface area contributed by atoms with Gasteiger partial charge >= 0.3 is 0 Å². The second-order valence-electron chi connectivity index (χ2n) is 5.18. The summed E-state index contributed by atoms with van der Waals surface area (Å²) in [6.45, 7) is 4.36. The van der Waals surface area contributed by atoms with E-state index < -0.39 is 0 Å². The molecule has 0 fully saturated rings. The molecule has 0 aromatic heterocycles. The van der Waals surface area contributed by atoms with Crippen molar-refractivity contribution < 1.29 is 5.11 Å². The van der Waals surface area contributed by atoms with Crippen LogP contribution in [0.3, 0.4) is 0 Å². The predicted molar refractivity (Wildman–Crippen MR) is 83.6 cm³/mol. The van der Waals surface area contributed by atoms with Crippen LogP contribution in [-0.2, 0) is 0 Å². The van der Waals surface area contributed by atoms with Gasteiger partial charge in [-0.3, -0.25) is 0 Å². The lowest BCUT2D eigenvalue weighted by molar-refractivity contribution is 0.232. The molecular weight excluding hydrogens is 246 g/mol. The highest BCUT2D eigenvalue weighted by molar-refractivity contribution is 5.25. The molecular formula is C18H23NO. The highest BCUT2D eigenvalue weighted by Crippen LogP contribution is 2.22. The van der Waals surface area contributed by atoms with E-state index in [2.05, 4.69) is 55.6 Å². The summed E-state index contributed by atoms with van der Waals surface area (Å²) in [6, 6.07) is 18.9. The van der Waals surface area contributed by atoms with Crippen molar-refractivity contribution in [3.63, 3.8) is 0 Å². The second kappa shape index (κ2) is 7.22. The first-order chi connectivity index (χ1) is 9.74. The van der Waals surface area contributed by atoms with E-state index in [1.54, 1.807) is 0 Å². The fourth-order valence-electron chi connectivity index (χ4n) is 2.43. The molecule has 0 bridgehead atoms. The fourth-order valence-corrected chi connectivity index (χ4v) is 2.43. The van der Waals surface area contributed by atoms with Gasteiger partial charge in [-0.15, -0.1) is 0 Å². The van der Waals surface area contributed by atoms with Crippen molar-refractivity contribution in [1.82, 2.24) is 5.32 Å². The van der Waals surface area contributed by atoms with E-state index in [1.165, 1.54) is 11.1 Å². The third kappa shape index (κ3) is 3.69. The topological polar surface area (TPSA) is 32.3 Å². The lowest BCUT2D eigenvalue weighted by Crippen LogP contribution is -2.28. The van der Waals surface area contributed by atoms with Crippen LogP contribution in [-0.4, -0.2) is 11.7 Å². The number of nitrogens with one attached hydrogen (secondary N) is 1. The van der Waals surface area contributed by atoms with E-state index in [0.717, 1.165) is 12.0 Å². The average molecular weight is 269 g/mol. The number of benzene rings is 2. The molecule has 0 saturated carbocycles. The number of rotatable bonds is 6. The van der Waals surface area contributed by atoms with Gasteiger partial charge in [-0.1, -0.05) is 67.1 Å². The van der Waals surface area contributed by atoms with E-state index in [0.29, 0.717) is 0 Å². The summed E-state index contributed by atoms with van der Waals surface area (Å²) in [6.07, 6.45) is 0.992. The van der Waals surface area contributed by atoms with Crippen molar-refractivity contribution >= 4 is 0 Å². The zero-order chi connectivity index (χ0) is 14.4. The van der Waals surface area contributed by atoms with Gasteiger partial charge in [0.1, 0.15) is 0 Å². The minimum atomic E-state index is -0.0255. The monoisotopic (exact) mass is 269 g/mol. The molecule has 0 aliphatic heterocycles. The summed E-state index contributed by atoms with van der Waals surface area (Å²) in [5.41, 5.74) is 3.67. The van der Waals surface area contributed by atoms with E-state index in [1.807, 2.05) is 18.2 Å². The Morgan fingerprint density at radius 1 is 0.900 bits per heavy atom. The van der Waals surface area contributed by atoms with Crippen LogP contribution in [0, 0.1) is 6.92 Å². The SMILES string of the molecule is CCC(NC(CO)c1ccccc1)c1ccc(C)cc1. The van der Waals surface area contributed by atoms with Gasteiger partial charge < -0.3 is 10.4 Å². The lowest BCUT2D eigenvalue weighted by Gasteiger charge is -2.24. The van der Waals surface area contributed by atoms with Crippen molar-refractivity contribution in [2.24, 2.45) is 0 Å². The van der Waals surface area contributed by atoms with Gasteiger partial charge in [0.2, 0.25) is 0 Å². The zero-order valence-electron chi connectivity index (χ0n) is 12.2. The zero-order valence-corrected chi connectivity index (χ0v) is 12.2. The summed E-state index contributed by atoms with van der Waals surface area (Å²) in [5, 5.41) is 13.2. The van der Waals surface area contributed by atoms with Crippen molar-refractivity contribution in [3.05, 3.63) is 71.3 Å². The van der Waals surface area contributed by atoms with Gasteiger partial charge in [0.25, 0.3) is 0 Å². The van der Waals surface area contributed by atoms with Crippen LogP contribution in [0.4, 0.5) is 0 Å². The van der Waals surface area contributed by atoms with Crippen molar-refractivity contribution in [3.8, 4) is 0 Å². The van der Waals surface area contributed by atoms with Crippen molar-refractivity contribution in [2.75, 3.05) is 6.61 Å². The summed E-state index contributed by atoms with van der Waals surface area (Å²) in [5.74, 6) is 0. The maximum absolute atomic E-state index is 9.65. The summed E-state index contributed by atoms with van der Waals surface area (Å²) in [4.78, 5) is 0. The van der Waals surface area contributed by atoms with E-state index >= 15 is 0 Å². The van der Waals surface area contributed by atoms with Gasteiger partial charge in [-0.05, 0) is 24.5 Å². The highest BCUT2D eigenvalue weighted by atomic mass is 16.3. The predicted octanol–water partition coefficient (Wildman–Crippen LogP) is 3.77. The molecule has 0 aliphatic carbocycles. The van der Waals surface area contributed by atoms with Crippen LogP contribution in [0.1, 0.15) is 42.1 Å². The molecule has 0 radical (unpaired) electrons. The molecule has 0 aliphatic rings. The number of hydrogen-bond donors (Lipinski definition) is 2. The molecule has 2 unspecified atom stereocenters. The van der Waals surface area contributed by atoms with Gasteiger partial charge in [-0.25, -0.2) is 0 Å². The summed E-state index contributed by atoms with van der Waals surface area (Å²) in [7, 11) is 0. The fraction of sp³-hybridized carbons (Fsp3) is 0.333. The number of aliphatic hydroxyl groups excluding tert-OH is 1. The van der Waals surface area contributed by atoms with E-state index in [9.17, 15) is 5.11 Å². The van der Waals surface area contributed by atoms with Gasteiger partial charge in [0, 0.05) is 6.04 Å². The van der Waals surface area contributed by atoms with Gasteiger partial charge in [-0.2, -0.15) is 0 Å². The number of aliphatic hydroxyl groups is 1. The van der Waals surface area contributed by atoms with Crippen LogP contribution in [0.15, 0.2) is 54.6 Å². The third-order valence-corrected chi connectivity index (χ3v) is 3.67. The molecule has 2 aromatic rings. The molecule has 2 aromatic carbocycles. The molecule has 0 saturated heterocycles. The van der Waals surface area contributed by atoms with Crippen molar-refractivity contribution in [1.29, 1.82) is 0 Å². The Labute approximate surface area is 121 Å². The lowest BCUT2D eigenvalue weighted by atomic mass is 10.00. The first-order valence-corrected chi connectivity index (χ1v) is 7.23. The largest absolute Gasteiger partial charge is 0.394 e. The van der Waals surface area contributed by atoms with Gasteiger partial charge in [0.05, 0.1) is 12.6 Å². The maximum Gasteiger partial charge on any atom is 0.0626 e. The molecule has 0 spiro atoms. The average Bonchev–Trinajstić information content (AvgIpc) is 2.51. The molecule has 2 atom stereocenters. The Kier molecular flexibility index (Phi) is 5.33. The van der Waals surface area contributed by atoms with Crippen LogP contribution in [0.5, 0.6) is 0 Å². The van der Waals surface area contributed by atoms with E-state index in [4.69, 9.17) is 0 Å². The molecule has 2 rings (SSSR count). The molecule has 2 nitrogen and oxygen atoms in total. The second-order valence-corrected chi connectivity index (χ2v) is 5.18. The molecule has 106 valence electrons. The van der Waals surface area contributed by atoms with Crippen molar-refractivity contribution in [2.45, 2.75) is 32.4 Å². The van der Waals surface area contributed by atoms with E-state index in [-0.39, 0.29) is 18.7 Å². The Morgan fingerprint density at radius 3 is 2.05 bits per heavy atom. The minimum Gasteiger partial charge on any atom is -0.394 e. The van der Waals surface area contributed by atoms with Crippen LogP contribution in [0.2, 0.25) is 0 Å².